The van der Waals surface area contributed by atoms with E-state index in [4.69, 9.17) is 5.11 Å². The fraction of sp³-hybridized carbons (Fsp3) is 0.385. The minimum Gasteiger partial charge on any atom is -0.480 e. The van der Waals surface area contributed by atoms with Crippen molar-refractivity contribution in [3.63, 3.8) is 0 Å². The third kappa shape index (κ3) is 1.63. The summed E-state index contributed by atoms with van der Waals surface area (Å²) in [6.45, 7) is 0.782. The predicted octanol–water partition coefficient (Wildman–Crippen LogP) is 0.391. The second-order valence-corrected chi connectivity index (χ2v) is 4.72. The first-order chi connectivity index (χ1) is 8.66. The highest BCUT2D eigenvalue weighted by Gasteiger charge is 2.41. The number of aliphatic carboxylic acids is 1. The number of carboxylic acids is 1. The van der Waals surface area contributed by atoms with E-state index in [-0.39, 0.29) is 11.9 Å². The molecule has 0 spiro atoms. The van der Waals surface area contributed by atoms with Crippen LogP contribution in [-0.4, -0.2) is 35.6 Å². The van der Waals surface area contributed by atoms with Crippen LogP contribution < -0.4 is 10.2 Å². The maximum Gasteiger partial charge on any atom is 0.326 e. The number of nitrogens with one attached hydrogen (secondary N) is 1. The number of carbonyl (C=O) groups excluding carboxylic acids is 1. The molecule has 2 atom stereocenters. The summed E-state index contributed by atoms with van der Waals surface area (Å²) in [5.74, 6) is -1.14. The zero-order valence-corrected chi connectivity index (χ0v) is 9.80. The molecule has 2 heterocycles. The molecule has 18 heavy (non-hydrogen) atoms. The standard InChI is InChI=1S/C13H14N2O3/c16-12-11(7-9(14-12)13(17)18)15-6-5-8-3-1-2-4-10(8)15/h1-4,9,11H,5-7H2,(H,14,16)(H,17,18)/t9-,11?/m0/s1. The van der Waals surface area contributed by atoms with Crippen molar-refractivity contribution in [2.24, 2.45) is 0 Å². The van der Waals surface area contributed by atoms with Crippen LogP contribution >= 0.6 is 0 Å². The van der Waals surface area contributed by atoms with Crippen molar-refractivity contribution < 1.29 is 14.7 Å². The van der Waals surface area contributed by atoms with E-state index < -0.39 is 12.0 Å². The molecule has 0 saturated carbocycles. The zero-order chi connectivity index (χ0) is 12.7. The lowest BCUT2D eigenvalue weighted by Crippen LogP contribution is -2.39. The van der Waals surface area contributed by atoms with Crippen molar-refractivity contribution in [1.29, 1.82) is 0 Å². The van der Waals surface area contributed by atoms with E-state index in [0.29, 0.717) is 6.42 Å². The first kappa shape index (κ1) is 11.1. The zero-order valence-electron chi connectivity index (χ0n) is 9.80. The molecule has 5 heteroatoms. The van der Waals surface area contributed by atoms with Gasteiger partial charge in [-0.05, 0) is 18.1 Å². The Morgan fingerprint density at radius 1 is 1.39 bits per heavy atom. The quantitative estimate of drug-likeness (QED) is 0.792. The molecule has 2 aliphatic heterocycles. The van der Waals surface area contributed by atoms with Crippen LogP contribution in [0.3, 0.4) is 0 Å². The first-order valence-corrected chi connectivity index (χ1v) is 6.04. The van der Waals surface area contributed by atoms with Gasteiger partial charge in [0.25, 0.3) is 0 Å². The van der Waals surface area contributed by atoms with Crippen LogP contribution in [-0.2, 0) is 16.0 Å². The van der Waals surface area contributed by atoms with Crippen molar-refractivity contribution in [3.05, 3.63) is 29.8 Å². The van der Waals surface area contributed by atoms with Crippen LogP contribution in [0.25, 0.3) is 0 Å². The van der Waals surface area contributed by atoms with Crippen LogP contribution in [0.15, 0.2) is 24.3 Å². The van der Waals surface area contributed by atoms with Gasteiger partial charge in [0.05, 0.1) is 0 Å². The van der Waals surface area contributed by atoms with Gasteiger partial charge in [0.15, 0.2) is 0 Å². The Kier molecular flexibility index (Phi) is 2.47. The highest BCUT2D eigenvalue weighted by Crippen LogP contribution is 2.31. The summed E-state index contributed by atoms with van der Waals surface area (Å²) >= 11 is 0. The van der Waals surface area contributed by atoms with Crippen LogP contribution in [0, 0.1) is 0 Å². The van der Waals surface area contributed by atoms with Gasteiger partial charge in [0.2, 0.25) is 5.91 Å². The van der Waals surface area contributed by atoms with Crippen LogP contribution in [0.2, 0.25) is 0 Å². The summed E-state index contributed by atoms with van der Waals surface area (Å²) in [7, 11) is 0. The van der Waals surface area contributed by atoms with Gasteiger partial charge in [-0.3, -0.25) is 4.79 Å². The van der Waals surface area contributed by atoms with E-state index in [9.17, 15) is 9.59 Å². The predicted molar refractivity (Wildman–Crippen MR) is 65.5 cm³/mol. The van der Waals surface area contributed by atoms with Gasteiger partial charge < -0.3 is 15.3 Å². The Morgan fingerprint density at radius 3 is 2.89 bits per heavy atom. The van der Waals surface area contributed by atoms with E-state index in [1.807, 2.05) is 23.1 Å². The van der Waals surface area contributed by atoms with Gasteiger partial charge in [-0.2, -0.15) is 0 Å². The Morgan fingerprint density at radius 2 is 2.17 bits per heavy atom. The molecule has 1 unspecified atom stereocenters. The van der Waals surface area contributed by atoms with Crippen molar-refractivity contribution in [3.8, 4) is 0 Å². The fourth-order valence-electron chi connectivity index (χ4n) is 2.78. The average Bonchev–Trinajstić information content (AvgIpc) is 2.92. The van der Waals surface area contributed by atoms with E-state index in [1.54, 1.807) is 0 Å². The van der Waals surface area contributed by atoms with E-state index in [2.05, 4.69) is 11.4 Å². The molecule has 5 nitrogen and oxygen atoms in total. The van der Waals surface area contributed by atoms with Crippen molar-refractivity contribution >= 4 is 17.6 Å². The SMILES string of the molecule is O=C1N[C@H](C(=O)O)CC1N1CCc2ccccc21. The molecule has 1 fully saturated rings. The third-order valence-electron chi connectivity index (χ3n) is 3.68. The first-order valence-electron chi connectivity index (χ1n) is 6.04. The number of anilines is 1. The number of para-hydroxylation sites is 1. The number of carboxylic acid groups (broad SMARTS) is 1. The molecule has 2 N–H and O–H groups in total. The van der Waals surface area contributed by atoms with E-state index >= 15 is 0 Å². The Bertz CT molecular complexity index is 515. The molecular weight excluding hydrogens is 232 g/mol. The molecule has 0 aromatic heterocycles. The maximum absolute atomic E-state index is 11.9. The van der Waals surface area contributed by atoms with Crippen LogP contribution in [0.4, 0.5) is 5.69 Å². The number of amides is 1. The Balaban J connectivity index is 1.85. The van der Waals surface area contributed by atoms with E-state index in [0.717, 1.165) is 18.7 Å². The number of rotatable bonds is 2. The lowest BCUT2D eigenvalue weighted by atomic mass is 10.1. The minimum atomic E-state index is -0.960. The summed E-state index contributed by atoms with van der Waals surface area (Å²) in [5.41, 5.74) is 2.28. The second-order valence-electron chi connectivity index (χ2n) is 4.72. The van der Waals surface area contributed by atoms with Crippen molar-refractivity contribution in [2.45, 2.75) is 24.9 Å². The number of benzene rings is 1. The number of carbonyl (C=O) groups is 2. The highest BCUT2D eigenvalue weighted by atomic mass is 16.4. The van der Waals surface area contributed by atoms with Crippen molar-refractivity contribution in [1.82, 2.24) is 5.32 Å². The summed E-state index contributed by atoms with van der Waals surface area (Å²) < 4.78 is 0. The molecule has 1 aromatic carbocycles. The Labute approximate surface area is 104 Å². The Hall–Kier alpha value is -2.04. The number of fused-ring (bicyclic) bond motifs is 1. The van der Waals surface area contributed by atoms with Crippen LogP contribution in [0.1, 0.15) is 12.0 Å². The largest absolute Gasteiger partial charge is 0.480 e. The molecule has 0 radical (unpaired) electrons. The monoisotopic (exact) mass is 246 g/mol. The van der Waals surface area contributed by atoms with Crippen LogP contribution in [0.5, 0.6) is 0 Å². The van der Waals surface area contributed by atoms with Gasteiger partial charge in [-0.25, -0.2) is 4.79 Å². The molecule has 0 aliphatic carbocycles. The van der Waals surface area contributed by atoms with Gasteiger partial charge in [0, 0.05) is 18.7 Å². The average molecular weight is 246 g/mol. The molecule has 1 aromatic rings. The maximum atomic E-state index is 11.9. The fourth-order valence-corrected chi connectivity index (χ4v) is 2.78. The lowest BCUT2D eigenvalue weighted by molar-refractivity contribution is -0.140. The summed E-state index contributed by atoms with van der Waals surface area (Å²) in [5, 5.41) is 11.5. The summed E-state index contributed by atoms with van der Waals surface area (Å²) in [6, 6.07) is 6.86. The highest BCUT2D eigenvalue weighted by molar-refractivity contribution is 5.93. The number of hydrogen-bond donors (Lipinski definition) is 2. The number of hydrogen-bond acceptors (Lipinski definition) is 3. The normalized spacial score (nSPS) is 26.0. The molecule has 2 aliphatic rings. The van der Waals surface area contributed by atoms with Gasteiger partial charge in [-0.15, -0.1) is 0 Å². The molecule has 94 valence electrons. The van der Waals surface area contributed by atoms with Gasteiger partial charge in [0.1, 0.15) is 12.1 Å². The molecule has 1 amide bonds. The minimum absolute atomic E-state index is 0.181. The topological polar surface area (TPSA) is 69.6 Å². The molecular formula is C13H14N2O3. The number of nitrogens with zero attached hydrogens (tertiary/aromatic N) is 1. The molecule has 0 bridgehead atoms. The third-order valence-corrected chi connectivity index (χ3v) is 3.68. The molecule has 3 rings (SSSR count). The van der Waals surface area contributed by atoms with Gasteiger partial charge in [-0.1, -0.05) is 18.2 Å². The van der Waals surface area contributed by atoms with Gasteiger partial charge >= 0.3 is 5.97 Å². The second kappa shape index (κ2) is 4.01. The lowest BCUT2D eigenvalue weighted by Gasteiger charge is -2.24. The van der Waals surface area contributed by atoms with E-state index in [1.165, 1.54) is 5.56 Å². The smallest absolute Gasteiger partial charge is 0.326 e. The molecule has 1 saturated heterocycles. The summed E-state index contributed by atoms with van der Waals surface area (Å²) in [4.78, 5) is 24.8. The summed E-state index contributed by atoms with van der Waals surface area (Å²) in [6.07, 6.45) is 1.25. The van der Waals surface area contributed by atoms with Crippen molar-refractivity contribution in [2.75, 3.05) is 11.4 Å².